The molecule has 0 aliphatic rings. The zero-order valence-electron chi connectivity index (χ0n) is 12.7. The number of benzene rings is 2. The Hall–Kier alpha value is -2.80. The Morgan fingerprint density at radius 3 is 2.71 bits per heavy atom. The van der Waals surface area contributed by atoms with Gasteiger partial charge in [-0.3, -0.25) is 14.9 Å². The first-order valence-corrected chi connectivity index (χ1v) is 8.00. The number of nitro groups is 1. The molecule has 0 aliphatic carbocycles. The SMILES string of the molecule is CC(NC(=O)c1cc2cc([N+](=O)[O-])ccc2s1)c1ccccc1F. The zero-order chi connectivity index (χ0) is 17.3. The predicted octanol–water partition coefficient (Wildman–Crippen LogP) is 4.44. The average molecular weight is 344 g/mol. The lowest BCUT2D eigenvalue weighted by atomic mass is 10.1. The smallest absolute Gasteiger partial charge is 0.270 e. The van der Waals surface area contributed by atoms with Crippen molar-refractivity contribution in [3.05, 3.63) is 74.9 Å². The van der Waals surface area contributed by atoms with Gasteiger partial charge in [-0.15, -0.1) is 11.3 Å². The summed E-state index contributed by atoms with van der Waals surface area (Å²) in [6, 6.07) is 11.8. The summed E-state index contributed by atoms with van der Waals surface area (Å²) in [6.45, 7) is 1.70. The van der Waals surface area contributed by atoms with Gasteiger partial charge >= 0.3 is 0 Å². The highest BCUT2D eigenvalue weighted by Gasteiger charge is 2.17. The number of nitrogens with one attached hydrogen (secondary N) is 1. The Balaban J connectivity index is 1.83. The Labute approximate surface area is 140 Å². The number of hydrogen-bond donors (Lipinski definition) is 1. The number of non-ortho nitro benzene ring substituents is 1. The monoisotopic (exact) mass is 344 g/mol. The van der Waals surface area contributed by atoms with E-state index in [0.717, 1.165) is 4.70 Å². The average Bonchev–Trinajstić information content (AvgIpc) is 2.98. The Morgan fingerprint density at radius 2 is 2.00 bits per heavy atom. The summed E-state index contributed by atoms with van der Waals surface area (Å²) in [5.41, 5.74) is 0.384. The first kappa shape index (κ1) is 16.1. The lowest BCUT2D eigenvalue weighted by Crippen LogP contribution is -2.26. The molecule has 0 bridgehead atoms. The van der Waals surface area contributed by atoms with Crippen LogP contribution >= 0.6 is 11.3 Å². The zero-order valence-corrected chi connectivity index (χ0v) is 13.5. The molecule has 7 heteroatoms. The van der Waals surface area contributed by atoms with Gasteiger partial charge in [-0.1, -0.05) is 18.2 Å². The molecule has 122 valence electrons. The number of halogens is 1. The molecule has 1 aromatic heterocycles. The molecule has 3 aromatic rings. The van der Waals surface area contributed by atoms with Crippen LogP contribution in [0, 0.1) is 15.9 Å². The van der Waals surface area contributed by atoms with Crippen molar-refractivity contribution in [1.29, 1.82) is 0 Å². The van der Waals surface area contributed by atoms with E-state index in [1.165, 1.54) is 29.5 Å². The van der Waals surface area contributed by atoms with E-state index < -0.39 is 11.0 Å². The van der Waals surface area contributed by atoms with Crippen LogP contribution in [0.3, 0.4) is 0 Å². The van der Waals surface area contributed by atoms with E-state index in [-0.39, 0.29) is 17.4 Å². The fourth-order valence-corrected chi connectivity index (χ4v) is 3.37. The van der Waals surface area contributed by atoms with Crippen LogP contribution in [0.5, 0.6) is 0 Å². The summed E-state index contributed by atoms with van der Waals surface area (Å²) >= 11 is 1.24. The second kappa shape index (κ2) is 6.37. The maximum atomic E-state index is 13.8. The maximum Gasteiger partial charge on any atom is 0.270 e. The number of carbonyl (C=O) groups is 1. The van der Waals surface area contributed by atoms with Gasteiger partial charge in [0.25, 0.3) is 11.6 Å². The molecule has 1 heterocycles. The van der Waals surface area contributed by atoms with Gasteiger partial charge in [-0.2, -0.15) is 0 Å². The number of amides is 1. The molecular formula is C17H13FN2O3S. The summed E-state index contributed by atoms with van der Waals surface area (Å²) in [4.78, 5) is 23.1. The van der Waals surface area contributed by atoms with E-state index in [2.05, 4.69) is 5.32 Å². The number of carbonyl (C=O) groups excluding carboxylic acids is 1. The van der Waals surface area contributed by atoms with E-state index >= 15 is 0 Å². The van der Waals surface area contributed by atoms with Crippen LogP contribution in [0.25, 0.3) is 10.1 Å². The minimum atomic E-state index is -0.488. The minimum absolute atomic E-state index is 0.0213. The van der Waals surface area contributed by atoms with Crippen molar-refractivity contribution in [2.45, 2.75) is 13.0 Å². The van der Waals surface area contributed by atoms with Crippen molar-refractivity contribution in [3.8, 4) is 0 Å². The van der Waals surface area contributed by atoms with Crippen LogP contribution in [0.15, 0.2) is 48.5 Å². The fraction of sp³-hybridized carbons (Fsp3) is 0.118. The molecule has 2 aromatic carbocycles. The Morgan fingerprint density at radius 1 is 1.25 bits per heavy atom. The first-order chi connectivity index (χ1) is 11.5. The van der Waals surface area contributed by atoms with E-state index in [4.69, 9.17) is 0 Å². The van der Waals surface area contributed by atoms with Crippen LogP contribution in [-0.4, -0.2) is 10.8 Å². The third kappa shape index (κ3) is 3.11. The van der Waals surface area contributed by atoms with E-state index in [0.29, 0.717) is 15.8 Å². The molecule has 1 N–H and O–H groups in total. The molecule has 24 heavy (non-hydrogen) atoms. The largest absolute Gasteiger partial charge is 0.345 e. The van der Waals surface area contributed by atoms with Crippen molar-refractivity contribution in [3.63, 3.8) is 0 Å². The molecule has 0 radical (unpaired) electrons. The van der Waals surface area contributed by atoms with Gasteiger partial charge in [-0.25, -0.2) is 4.39 Å². The van der Waals surface area contributed by atoms with E-state index in [1.807, 2.05) is 0 Å². The molecule has 0 fully saturated rings. The quantitative estimate of drug-likeness (QED) is 0.562. The fourth-order valence-electron chi connectivity index (χ4n) is 2.43. The highest BCUT2D eigenvalue weighted by Crippen LogP contribution is 2.29. The Bertz CT molecular complexity index is 938. The summed E-state index contributed by atoms with van der Waals surface area (Å²) < 4.78 is 14.5. The number of nitro benzene ring substituents is 1. The summed E-state index contributed by atoms with van der Waals surface area (Å²) in [5, 5.41) is 14.2. The lowest BCUT2D eigenvalue weighted by molar-refractivity contribution is -0.384. The summed E-state index contributed by atoms with van der Waals surface area (Å²) in [6.07, 6.45) is 0. The third-order valence-corrected chi connectivity index (χ3v) is 4.77. The van der Waals surface area contributed by atoms with Gasteiger partial charge in [0.2, 0.25) is 0 Å². The van der Waals surface area contributed by atoms with Gasteiger partial charge < -0.3 is 5.32 Å². The van der Waals surface area contributed by atoms with E-state index in [9.17, 15) is 19.3 Å². The molecular weight excluding hydrogens is 331 g/mol. The van der Waals surface area contributed by atoms with Gasteiger partial charge in [0.05, 0.1) is 15.8 Å². The normalized spacial score (nSPS) is 12.1. The molecule has 1 atom stereocenters. The van der Waals surface area contributed by atoms with Crippen molar-refractivity contribution in [2.24, 2.45) is 0 Å². The number of rotatable bonds is 4. The first-order valence-electron chi connectivity index (χ1n) is 7.19. The molecule has 1 unspecified atom stereocenters. The van der Waals surface area contributed by atoms with Crippen LogP contribution in [0.1, 0.15) is 28.2 Å². The highest BCUT2D eigenvalue weighted by atomic mass is 32.1. The molecule has 0 aliphatic heterocycles. The molecule has 0 saturated heterocycles. The van der Waals surface area contributed by atoms with Crippen LogP contribution in [-0.2, 0) is 0 Å². The van der Waals surface area contributed by atoms with Crippen LogP contribution in [0.4, 0.5) is 10.1 Å². The molecule has 0 spiro atoms. The van der Waals surface area contributed by atoms with Crippen molar-refractivity contribution in [1.82, 2.24) is 5.32 Å². The van der Waals surface area contributed by atoms with Crippen LogP contribution in [0.2, 0.25) is 0 Å². The van der Waals surface area contributed by atoms with Crippen molar-refractivity contribution < 1.29 is 14.1 Å². The second-order valence-electron chi connectivity index (χ2n) is 5.31. The van der Waals surface area contributed by atoms with Crippen molar-refractivity contribution >= 4 is 33.0 Å². The molecule has 1 amide bonds. The third-order valence-electron chi connectivity index (χ3n) is 3.65. The highest BCUT2D eigenvalue weighted by molar-refractivity contribution is 7.20. The standard InChI is InChI=1S/C17H13FN2O3S/c1-10(13-4-2-3-5-14(13)18)19-17(21)16-9-11-8-12(20(22)23)6-7-15(11)24-16/h2-10H,1H3,(H,19,21). The second-order valence-corrected chi connectivity index (χ2v) is 6.39. The Kier molecular flexibility index (Phi) is 4.26. The van der Waals surface area contributed by atoms with E-state index in [1.54, 1.807) is 37.3 Å². The minimum Gasteiger partial charge on any atom is -0.345 e. The lowest BCUT2D eigenvalue weighted by Gasteiger charge is -2.14. The maximum absolute atomic E-state index is 13.8. The number of hydrogen-bond acceptors (Lipinski definition) is 4. The molecule has 3 rings (SSSR count). The molecule has 5 nitrogen and oxygen atoms in total. The van der Waals surface area contributed by atoms with Gasteiger partial charge in [0.1, 0.15) is 5.82 Å². The van der Waals surface area contributed by atoms with Gasteiger partial charge in [0, 0.05) is 27.8 Å². The number of thiophene rings is 1. The summed E-state index contributed by atoms with van der Waals surface area (Å²) in [7, 11) is 0. The number of nitrogens with zero attached hydrogens (tertiary/aromatic N) is 1. The van der Waals surface area contributed by atoms with Crippen LogP contribution < -0.4 is 5.32 Å². The predicted molar refractivity (Wildman–Crippen MR) is 90.8 cm³/mol. The summed E-state index contributed by atoms with van der Waals surface area (Å²) in [5.74, 6) is -0.716. The topological polar surface area (TPSA) is 72.2 Å². The van der Waals surface area contributed by atoms with Gasteiger partial charge in [-0.05, 0) is 25.1 Å². The van der Waals surface area contributed by atoms with Crippen molar-refractivity contribution in [2.75, 3.05) is 0 Å². The number of fused-ring (bicyclic) bond motifs is 1. The molecule has 0 saturated carbocycles. The van der Waals surface area contributed by atoms with Gasteiger partial charge in [0.15, 0.2) is 0 Å².